The molecule has 0 unspecified atom stereocenters. The molecule has 162 valence electrons. The van der Waals surface area contributed by atoms with Crippen LogP contribution in [0.3, 0.4) is 0 Å². The second-order valence-electron chi connectivity index (χ2n) is 7.75. The first-order valence-electron chi connectivity index (χ1n) is 10.8. The van der Waals surface area contributed by atoms with Crippen LogP contribution >= 0.6 is 0 Å². The van der Waals surface area contributed by atoms with E-state index in [-0.39, 0.29) is 17.9 Å². The second kappa shape index (κ2) is 9.10. The molecule has 0 spiro atoms. The van der Waals surface area contributed by atoms with Crippen molar-refractivity contribution >= 4 is 28.8 Å². The van der Waals surface area contributed by atoms with Crippen LogP contribution < -0.4 is 14.5 Å². The summed E-state index contributed by atoms with van der Waals surface area (Å²) >= 11 is 0. The van der Waals surface area contributed by atoms with Crippen LogP contribution in [0.4, 0.5) is 11.4 Å². The zero-order valence-corrected chi connectivity index (χ0v) is 18.5. The zero-order valence-electron chi connectivity index (χ0n) is 18.5. The maximum atomic E-state index is 13.9. The normalized spacial score (nSPS) is 13.8. The van der Waals surface area contributed by atoms with Gasteiger partial charge in [0.15, 0.2) is 0 Å². The molecule has 0 saturated carbocycles. The Morgan fingerprint density at radius 3 is 2.03 bits per heavy atom. The van der Waals surface area contributed by atoms with Gasteiger partial charge < -0.3 is 9.64 Å². The summed E-state index contributed by atoms with van der Waals surface area (Å²) in [6, 6.07) is 26.2. The lowest BCUT2D eigenvalue weighted by molar-refractivity contribution is -0.120. The Labute approximate surface area is 188 Å². The van der Waals surface area contributed by atoms with E-state index < -0.39 is 0 Å². The largest absolute Gasteiger partial charge is 0.489 e. The van der Waals surface area contributed by atoms with E-state index in [0.29, 0.717) is 34.8 Å². The van der Waals surface area contributed by atoms with Crippen molar-refractivity contribution in [2.75, 3.05) is 16.3 Å². The fourth-order valence-corrected chi connectivity index (χ4v) is 3.93. The van der Waals surface area contributed by atoms with Crippen molar-refractivity contribution in [2.24, 2.45) is 0 Å². The number of hydrogen-bond donors (Lipinski definition) is 0. The van der Waals surface area contributed by atoms with E-state index in [9.17, 15) is 9.59 Å². The monoisotopic (exact) mass is 426 g/mol. The van der Waals surface area contributed by atoms with Gasteiger partial charge in [0.1, 0.15) is 11.4 Å². The minimum absolute atomic E-state index is 0.0959. The van der Waals surface area contributed by atoms with Gasteiger partial charge in [0, 0.05) is 12.2 Å². The third-order valence-electron chi connectivity index (χ3n) is 5.24. The van der Waals surface area contributed by atoms with E-state index in [2.05, 4.69) is 0 Å². The number of carbonyl (C=O) groups is 2. The molecule has 0 radical (unpaired) electrons. The first-order chi connectivity index (χ1) is 15.5. The number of ether oxygens (including phenoxy) is 1. The van der Waals surface area contributed by atoms with Gasteiger partial charge in [0.2, 0.25) is 0 Å². The topological polar surface area (TPSA) is 49.9 Å². The van der Waals surface area contributed by atoms with Gasteiger partial charge in [-0.2, -0.15) is 0 Å². The molecule has 1 aliphatic heterocycles. The highest BCUT2D eigenvalue weighted by molar-refractivity contribution is 6.46. The van der Waals surface area contributed by atoms with Gasteiger partial charge in [0.05, 0.1) is 17.4 Å². The molecular formula is C27H26N2O3. The van der Waals surface area contributed by atoms with Crippen molar-refractivity contribution in [3.63, 3.8) is 0 Å². The van der Waals surface area contributed by atoms with Gasteiger partial charge in [-0.1, -0.05) is 60.7 Å². The Kier molecular flexibility index (Phi) is 6.08. The number of hydrogen-bond acceptors (Lipinski definition) is 4. The Morgan fingerprint density at radius 1 is 0.812 bits per heavy atom. The quantitative estimate of drug-likeness (QED) is 0.482. The number of amides is 2. The van der Waals surface area contributed by atoms with E-state index in [1.54, 1.807) is 18.2 Å². The molecule has 0 fully saturated rings. The summed E-state index contributed by atoms with van der Waals surface area (Å²) in [6.07, 6.45) is -0.0959. The van der Waals surface area contributed by atoms with Crippen molar-refractivity contribution in [3.05, 3.63) is 96.2 Å². The summed E-state index contributed by atoms with van der Waals surface area (Å²) in [5.74, 6) is -0.217. The molecule has 2 amide bonds. The highest BCUT2D eigenvalue weighted by Crippen LogP contribution is 2.39. The zero-order chi connectivity index (χ0) is 22.7. The van der Waals surface area contributed by atoms with E-state index in [1.807, 2.05) is 92.4 Å². The van der Waals surface area contributed by atoms with Gasteiger partial charge in [-0.3, -0.25) is 9.59 Å². The number of rotatable bonds is 7. The predicted molar refractivity (Wildman–Crippen MR) is 128 cm³/mol. The summed E-state index contributed by atoms with van der Waals surface area (Å²) in [5, 5.41) is 0. The molecule has 0 saturated heterocycles. The van der Waals surface area contributed by atoms with Crippen molar-refractivity contribution < 1.29 is 14.3 Å². The lowest BCUT2D eigenvalue weighted by Crippen LogP contribution is -2.35. The standard InChI is InChI=1S/C27H26N2O3/c1-4-28(21-15-9-6-10-16-21)25-24(20-13-7-5-8-14-20)26(30)29(27(25)31)22-17-11-12-18-23(22)32-19(2)3/h5-19H,4H2,1-3H3. The molecular weight excluding hydrogens is 400 g/mol. The first kappa shape index (κ1) is 21.4. The first-order valence-corrected chi connectivity index (χ1v) is 10.8. The molecule has 0 atom stereocenters. The number of likely N-dealkylation sites (N-methyl/N-ethyl adjacent to an activating group) is 1. The summed E-state index contributed by atoms with van der Waals surface area (Å²) in [6.45, 7) is 6.33. The third-order valence-corrected chi connectivity index (χ3v) is 5.24. The van der Waals surface area contributed by atoms with Gasteiger partial charge >= 0.3 is 0 Å². The lowest BCUT2D eigenvalue weighted by atomic mass is 10.0. The molecule has 5 heteroatoms. The molecule has 3 aromatic carbocycles. The Bertz CT molecular complexity index is 1150. The lowest BCUT2D eigenvalue weighted by Gasteiger charge is -2.25. The predicted octanol–water partition coefficient (Wildman–Crippen LogP) is 5.28. The number of para-hydroxylation sites is 3. The van der Waals surface area contributed by atoms with E-state index in [1.165, 1.54) is 4.90 Å². The van der Waals surface area contributed by atoms with Crippen LogP contribution in [0, 0.1) is 0 Å². The third kappa shape index (κ3) is 3.89. The van der Waals surface area contributed by atoms with E-state index in [4.69, 9.17) is 4.74 Å². The molecule has 32 heavy (non-hydrogen) atoms. The van der Waals surface area contributed by atoms with E-state index >= 15 is 0 Å². The number of anilines is 2. The maximum Gasteiger partial charge on any atom is 0.282 e. The van der Waals surface area contributed by atoms with Crippen LogP contribution in [0.5, 0.6) is 5.75 Å². The number of imide groups is 1. The molecule has 3 aromatic rings. The molecule has 0 N–H and O–H groups in total. The summed E-state index contributed by atoms with van der Waals surface area (Å²) in [5.41, 5.74) is 2.77. The van der Waals surface area contributed by atoms with Gasteiger partial charge in [-0.15, -0.1) is 0 Å². The summed E-state index contributed by atoms with van der Waals surface area (Å²) in [7, 11) is 0. The van der Waals surface area contributed by atoms with Crippen molar-refractivity contribution in [3.8, 4) is 5.75 Å². The average Bonchev–Trinajstić information content (AvgIpc) is 3.06. The van der Waals surface area contributed by atoms with Crippen LogP contribution in [0.1, 0.15) is 26.3 Å². The SMILES string of the molecule is CCN(C1=C(c2ccccc2)C(=O)N(c2ccccc2OC(C)C)C1=O)c1ccccc1. The Morgan fingerprint density at radius 2 is 1.41 bits per heavy atom. The molecule has 5 nitrogen and oxygen atoms in total. The second-order valence-corrected chi connectivity index (χ2v) is 7.75. The van der Waals surface area contributed by atoms with Crippen molar-refractivity contribution in [2.45, 2.75) is 26.9 Å². The number of nitrogens with zero attached hydrogens (tertiary/aromatic N) is 2. The van der Waals surface area contributed by atoms with Crippen molar-refractivity contribution in [1.29, 1.82) is 0 Å². The van der Waals surface area contributed by atoms with Crippen LogP contribution in [0.2, 0.25) is 0 Å². The van der Waals surface area contributed by atoms with Gasteiger partial charge in [-0.05, 0) is 50.6 Å². The smallest absolute Gasteiger partial charge is 0.282 e. The summed E-state index contributed by atoms with van der Waals surface area (Å²) in [4.78, 5) is 30.8. The molecule has 1 aliphatic rings. The fraction of sp³-hybridized carbons (Fsp3) is 0.185. The minimum Gasteiger partial charge on any atom is -0.489 e. The Balaban J connectivity index is 1.89. The maximum absolute atomic E-state index is 13.9. The van der Waals surface area contributed by atoms with Crippen LogP contribution in [-0.2, 0) is 9.59 Å². The van der Waals surface area contributed by atoms with Crippen molar-refractivity contribution in [1.82, 2.24) is 0 Å². The Hall–Kier alpha value is -3.86. The minimum atomic E-state index is -0.362. The van der Waals surface area contributed by atoms with Gasteiger partial charge in [0.25, 0.3) is 11.8 Å². The fourth-order valence-electron chi connectivity index (χ4n) is 3.93. The van der Waals surface area contributed by atoms with Crippen LogP contribution in [0.15, 0.2) is 90.6 Å². The molecule has 0 aromatic heterocycles. The molecule has 1 heterocycles. The number of benzene rings is 3. The van der Waals surface area contributed by atoms with Crippen LogP contribution in [-0.4, -0.2) is 24.5 Å². The van der Waals surface area contributed by atoms with Crippen LogP contribution in [0.25, 0.3) is 5.57 Å². The molecule has 0 aliphatic carbocycles. The average molecular weight is 427 g/mol. The van der Waals surface area contributed by atoms with Gasteiger partial charge in [-0.25, -0.2) is 4.90 Å². The number of carbonyl (C=O) groups excluding carboxylic acids is 2. The summed E-state index contributed by atoms with van der Waals surface area (Å²) < 4.78 is 5.92. The highest BCUT2D eigenvalue weighted by atomic mass is 16.5. The molecule has 0 bridgehead atoms. The van der Waals surface area contributed by atoms with E-state index in [0.717, 1.165) is 5.69 Å². The molecule has 4 rings (SSSR count). The highest BCUT2D eigenvalue weighted by Gasteiger charge is 2.43.